The van der Waals surface area contributed by atoms with Crippen LogP contribution in [0.2, 0.25) is 5.02 Å². The number of halogens is 1. The average molecular weight is 432 g/mol. The molecule has 2 N–H and O–H groups in total. The molecule has 1 atom stereocenters. The molecule has 0 amide bonds. The lowest BCUT2D eigenvalue weighted by Gasteiger charge is -2.17. The zero-order valence-electron chi connectivity index (χ0n) is 17.1. The van der Waals surface area contributed by atoms with E-state index in [1.54, 1.807) is 6.20 Å². The second-order valence-electron chi connectivity index (χ2n) is 7.80. The van der Waals surface area contributed by atoms with E-state index < -0.39 is 0 Å². The molecule has 1 unspecified atom stereocenters. The number of nitrogens with zero attached hydrogens (tertiary/aromatic N) is 4. The fourth-order valence-electron chi connectivity index (χ4n) is 3.95. The molecular formula is C24H22ClN5O. The van der Waals surface area contributed by atoms with Gasteiger partial charge in [-0.1, -0.05) is 48.0 Å². The Bertz CT molecular complexity index is 1250. The Labute approximate surface area is 185 Å². The highest BCUT2D eigenvalue weighted by atomic mass is 35.5. The van der Waals surface area contributed by atoms with Gasteiger partial charge in [-0.3, -0.25) is 4.98 Å². The number of nitrogen functional groups attached to an aromatic ring is 1. The van der Waals surface area contributed by atoms with Crippen molar-refractivity contribution in [2.24, 2.45) is 0 Å². The van der Waals surface area contributed by atoms with Gasteiger partial charge in [0.25, 0.3) is 5.88 Å². The maximum Gasteiger partial charge on any atom is 0.258 e. The number of hydrogen-bond donors (Lipinski definition) is 1. The number of likely N-dealkylation sites (N-methyl/N-ethyl adjacent to an activating group) is 1. The number of anilines is 1. The van der Waals surface area contributed by atoms with E-state index >= 15 is 0 Å². The highest BCUT2D eigenvalue weighted by Crippen LogP contribution is 2.36. The number of fused-ring (bicyclic) bond motifs is 1. The van der Waals surface area contributed by atoms with Crippen molar-refractivity contribution in [2.75, 3.05) is 25.9 Å². The number of hydrogen-bond acceptors (Lipinski definition) is 6. The Morgan fingerprint density at radius 2 is 1.84 bits per heavy atom. The van der Waals surface area contributed by atoms with Crippen LogP contribution in [0.1, 0.15) is 6.42 Å². The van der Waals surface area contributed by atoms with Crippen LogP contribution in [0.3, 0.4) is 0 Å². The molecule has 0 bridgehead atoms. The van der Waals surface area contributed by atoms with Crippen LogP contribution in [0, 0.1) is 0 Å². The summed E-state index contributed by atoms with van der Waals surface area (Å²) in [4.78, 5) is 16.2. The van der Waals surface area contributed by atoms with Crippen LogP contribution < -0.4 is 10.5 Å². The third kappa shape index (κ3) is 3.92. The number of benzene rings is 2. The lowest BCUT2D eigenvalue weighted by atomic mass is 10.0. The maximum absolute atomic E-state index is 6.56. The van der Waals surface area contributed by atoms with Crippen molar-refractivity contribution in [3.05, 3.63) is 65.8 Å². The molecule has 0 radical (unpaired) electrons. The normalized spacial score (nSPS) is 16.6. The molecule has 7 heteroatoms. The molecule has 3 heterocycles. The van der Waals surface area contributed by atoms with E-state index in [2.05, 4.69) is 16.9 Å². The predicted molar refractivity (Wildman–Crippen MR) is 124 cm³/mol. The van der Waals surface area contributed by atoms with Crippen molar-refractivity contribution in [1.82, 2.24) is 19.9 Å². The second kappa shape index (κ2) is 8.13. The molecule has 1 saturated heterocycles. The number of rotatable bonds is 4. The molecule has 156 valence electrons. The number of pyridine rings is 1. The van der Waals surface area contributed by atoms with Gasteiger partial charge >= 0.3 is 0 Å². The molecular weight excluding hydrogens is 410 g/mol. The van der Waals surface area contributed by atoms with Crippen LogP contribution in [0.25, 0.3) is 33.4 Å². The smallest absolute Gasteiger partial charge is 0.258 e. The molecule has 4 aromatic rings. The van der Waals surface area contributed by atoms with Gasteiger partial charge in [0, 0.05) is 35.8 Å². The lowest BCUT2D eigenvalue weighted by molar-refractivity contribution is 0.201. The van der Waals surface area contributed by atoms with Crippen LogP contribution >= 0.6 is 11.6 Å². The number of aromatic nitrogens is 3. The molecule has 6 nitrogen and oxygen atoms in total. The van der Waals surface area contributed by atoms with Crippen molar-refractivity contribution >= 4 is 28.3 Å². The van der Waals surface area contributed by atoms with Crippen LogP contribution in [-0.2, 0) is 0 Å². The van der Waals surface area contributed by atoms with Gasteiger partial charge in [0.1, 0.15) is 11.8 Å². The Balaban J connectivity index is 1.67. The van der Waals surface area contributed by atoms with Gasteiger partial charge < -0.3 is 15.4 Å². The Hall–Kier alpha value is -3.22. The molecule has 2 aromatic heterocycles. The Morgan fingerprint density at radius 3 is 2.61 bits per heavy atom. The van der Waals surface area contributed by atoms with Gasteiger partial charge in [-0.15, -0.1) is 0 Å². The lowest BCUT2D eigenvalue weighted by Crippen LogP contribution is -2.22. The van der Waals surface area contributed by atoms with Crippen LogP contribution in [0.5, 0.6) is 5.88 Å². The first-order valence-electron chi connectivity index (χ1n) is 10.2. The summed E-state index contributed by atoms with van der Waals surface area (Å²) in [5.41, 5.74) is 10.2. The molecule has 31 heavy (non-hydrogen) atoms. The SMILES string of the molecule is CN1CCC(Oc2nc(-c3cc(Cl)c4ncccc4c3)c(-c3ccccc3)nc2N)C1. The summed E-state index contributed by atoms with van der Waals surface area (Å²) in [5, 5.41) is 1.49. The summed E-state index contributed by atoms with van der Waals surface area (Å²) < 4.78 is 6.16. The molecule has 1 fully saturated rings. The minimum atomic E-state index is 0.0430. The highest BCUT2D eigenvalue weighted by Gasteiger charge is 2.24. The third-order valence-corrected chi connectivity index (χ3v) is 5.78. The largest absolute Gasteiger partial charge is 0.470 e. The van der Waals surface area contributed by atoms with E-state index in [0.29, 0.717) is 22.3 Å². The summed E-state index contributed by atoms with van der Waals surface area (Å²) >= 11 is 6.56. The number of nitrogens with two attached hydrogens (primary N) is 1. The van der Waals surface area contributed by atoms with Crippen molar-refractivity contribution in [1.29, 1.82) is 0 Å². The zero-order chi connectivity index (χ0) is 21.4. The van der Waals surface area contributed by atoms with E-state index in [1.807, 2.05) is 54.6 Å². The van der Waals surface area contributed by atoms with Crippen molar-refractivity contribution in [2.45, 2.75) is 12.5 Å². The number of ether oxygens (including phenoxy) is 1. The quantitative estimate of drug-likeness (QED) is 0.505. The summed E-state index contributed by atoms with van der Waals surface area (Å²) in [7, 11) is 2.08. The first kappa shape index (κ1) is 19.7. The van der Waals surface area contributed by atoms with Crippen LogP contribution in [0.4, 0.5) is 5.82 Å². The highest BCUT2D eigenvalue weighted by molar-refractivity contribution is 6.35. The summed E-state index contributed by atoms with van der Waals surface area (Å²) in [5.74, 6) is 0.642. The van der Waals surface area contributed by atoms with E-state index in [4.69, 9.17) is 32.0 Å². The van der Waals surface area contributed by atoms with Crippen molar-refractivity contribution in [3.8, 4) is 28.4 Å². The van der Waals surface area contributed by atoms with E-state index in [1.165, 1.54) is 0 Å². The second-order valence-corrected chi connectivity index (χ2v) is 8.21. The minimum absolute atomic E-state index is 0.0430. The van der Waals surface area contributed by atoms with Gasteiger partial charge in [0.15, 0.2) is 5.82 Å². The van der Waals surface area contributed by atoms with E-state index in [9.17, 15) is 0 Å². The molecule has 0 spiro atoms. The molecule has 2 aromatic carbocycles. The third-order valence-electron chi connectivity index (χ3n) is 5.49. The van der Waals surface area contributed by atoms with Gasteiger partial charge in [0.05, 0.1) is 16.2 Å². The predicted octanol–water partition coefficient (Wildman–Crippen LogP) is 4.68. The molecule has 1 aliphatic rings. The molecule has 0 aliphatic carbocycles. The van der Waals surface area contributed by atoms with E-state index in [0.717, 1.165) is 41.5 Å². The average Bonchev–Trinajstić information content (AvgIpc) is 3.20. The van der Waals surface area contributed by atoms with E-state index in [-0.39, 0.29) is 11.9 Å². The maximum atomic E-state index is 6.56. The van der Waals surface area contributed by atoms with Crippen LogP contribution in [0.15, 0.2) is 60.8 Å². The number of likely N-dealkylation sites (tertiary alicyclic amines) is 1. The summed E-state index contributed by atoms with van der Waals surface area (Å²) in [6.45, 7) is 1.82. The molecule has 1 aliphatic heterocycles. The molecule has 5 rings (SSSR count). The summed E-state index contributed by atoms with van der Waals surface area (Å²) in [6.07, 6.45) is 2.71. The topological polar surface area (TPSA) is 77.2 Å². The fraction of sp³-hybridized carbons (Fsp3) is 0.208. The monoisotopic (exact) mass is 431 g/mol. The van der Waals surface area contributed by atoms with Gasteiger partial charge in [0.2, 0.25) is 0 Å². The van der Waals surface area contributed by atoms with Crippen molar-refractivity contribution < 1.29 is 4.74 Å². The van der Waals surface area contributed by atoms with Gasteiger partial charge in [-0.05, 0) is 31.7 Å². The van der Waals surface area contributed by atoms with Gasteiger partial charge in [-0.25, -0.2) is 9.97 Å². The first-order valence-corrected chi connectivity index (χ1v) is 10.6. The Kier molecular flexibility index (Phi) is 5.18. The van der Waals surface area contributed by atoms with Crippen LogP contribution in [-0.4, -0.2) is 46.1 Å². The standard InChI is InChI=1S/C24H22ClN5O/c1-30-11-9-18(14-30)31-24-23(26)28-21(15-6-3-2-4-7-15)22(29-24)17-12-16-8-5-10-27-20(16)19(25)13-17/h2-8,10,12-13,18H,9,11,14H2,1H3,(H2,26,28). The summed E-state index contributed by atoms with van der Waals surface area (Å²) in [6, 6.07) is 17.6. The first-order chi connectivity index (χ1) is 15.1. The minimum Gasteiger partial charge on any atom is -0.470 e. The Morgan fingerprint density at radius 1 is 1.03 bits per heavy atom. The van der Waals surface area contributed by atoms with Crippen molar-refractivity contribution in [3.63, 3.8) is 0 Å². The van der Waals surface area contributed by atoms with Gasteiger partial charge in [-0.2, -0.15) is 0 Å². The zero-order valence-corrected chi connectivity index (χ0v) is 17.9. The molecule has 0 saturated carbocycles. The fourth-order valence-corrected chi connectivity index (χ4v) is 4.23.